The van der Waals surface area contributed by atoms with Crippen molar-refractivity contribution in [2.75, 3.05) is 13.2 Å². The van der Waals surface area contributed by atoms with Gasteiger partial charge in [0.15, 0.2) is 4.33 Å². The molecule has 0 aromatic rings. The summed E-state index contributed by atoms with van der Waals surface area (Å²) in [5, 5.41) is 0.182. The molecule has 2 amide bonds. The number of carbonyl (C=O) groups excluding carboxylic acids is 3. The first kappa shape index (κ1) is 22.3. The molecule has 1 aliphatic heterocycles. The number of alkyl halides is 4. The van der Waals surface area contributed by atoms with Crippen molar-refractivity contribution in [1.82, 2.24) is 4.90 Å². The van der Waals surface area contributed by atoms with Crippen LogP contribution >= 0.6 is 69.6 Å². The van der Waals surface area contributed by atoms with Crippen molar-refractivity contribution in [1.29, 1.82) is 0 Å². The van der Waals surface area contributed by atoms with Gasteiger partial charge in [-0.15, -0.1) is 23.2 Å². The number of hydrogen-bond acceptors (Lipinski definition) is 4. The highest BCUT2D eigenvalue weighted by atomic mass is 35.5. The van der Waals surface area contributed by atoms with Gasteiger partial charge in [0.05, 0.1) is 27.9 Å². The minimum atomic E-state index is -1.69. The maximum absolute atomic E-state index is 13.2. The molecule has 3 aliphatic carbocycles. The molecule has 4 rings (SSSR count). The summed E-state index contributed by atoms with van der Waals surface area (Å²) in [7, 11) is 0. The maximum atomic E-state index is 13.2. The Balaban J connectivity index is 1.70. The number of hydrogen-bond donors (Lipinski definition) is 0. The molecule has 2 saturated carbocycles. The molecule has 4 aliphatic rings. The average molecular weight is 524 g/mol. The second-order valence-corrected chi connectivity index (χ2v) is 11.7. The van der Waals surface area contributed by atoms with Crippen LogP contribution in [0, 0.1) is 23.2 Å². The molecule has 11 heteroatoms. The largest absolute Gasteiger partial charge is 0.464 e. The predicted molar refractivity (Wildman–Crippen MR) is 112 cm³/mol. The number of allylic oxidation sites excluding steroid dienone is 2. The lowest BCUT2D eigenvalue weighted by Crippen LogP contribution is -2.49. The van der Waals surface area contributed by atoms with E-state index in [4.69, 9.17) is 74.3 Å². The van der Waals surface area contributed by atoms with Crippen molar-refractivity contribution in [3.05, 3.63) is 10.1 Å². The van der Waals surface area contributed by atoms with E-state index in [2.05, 4.69) is 0 Å². The third kappa shape index (κ3) is 2.41. The number of halogens is 6. The molecule has 0 radical (unpaired) electrons. The maximum Gasteiger partial charge on any atom is 0.302 e. The van der Waals surface area contributed by atoms with Crippen LogP contribution in [0.1, 0.15) is 26.7 Å². The average Bonchev–Trinajstić information content (AvgIpc) is 2.95. The van der Waals surface area contributed by atoms with Crippen LogP contribution < -0.4 is 0 Å². The molecular weight excluding hydrogens is 507 g/mol. The van der Waals surface area contributed by atoms with Crippen LogP contribution in [-0.4, -0.2) is 49.9 Å². The van der Waals surface area contributed by atoms with Crippen LogP contribution in [0.15, 0.2) is 10.1 Å². The molecule has 0 spiro atoms. The lowest BCUT2D eigenvalue weighted by Gasteiger charge is -2.46. The Labute approximate surface area is 197 Å². The monoisotopic (exact) mass is 521 g/mol. The minimum absolute atomic E-state index is 0.00851. The van der Waals surface area contributed by atoms with Gasteiger partial charge in [-0.2, -0.15) is 0 Å². The lowest BCUT2D eigenvalue weighted by molar-refractivity contribution is -0.147. The van der Waals surface area contributed by atoms with E-state index in [0.717, 1.165) is 4.90 Å². The molecule has 1 heterocycles. The van der Waals surface area contributed by atoms with Crippen molar-refractivity contribution in [3.8, 4) is 0 Å². The Hall–Kier alpha value is 0.0900. The molecule has 29 heavy (non-hydrogen) atoms. The number of carbonyl (C=O) groups is 3. The van der Waals surface area contributed by atoms with Gasteiger partial charge in [-0.3, -0.25) is 19.3 Å². The highest BCUT2D eigenvalue weighted by Gasteiger charge is 2.84. The summed E-state index contributed by atoms with van der Waals surface area (Å²) in [6.45, 7) is 2.92. The minimum Gasteiger partial charge on any atom is -0.464 e. The molecule has 3 fully saturated rings. The molecule has 0 N–H and O–H groups in total. The first-order valence-electron chi connectivity index (χ1n) is 9.07. The number of likely N-dealkylation sites (tertiary alicyclic amines) is 1. The molecule has 160 valence electrons. The quantitative estimate of drug-likeness (QED) is 0.312. The Bertz CT molecular complexity index is 876. The number of fused-ring (bicyclic) bond motifs is 6. The van der Waals surface area contributed by atoms with E-state index < -0.39 is 43.2 Å². The lowest BCUT2D eigenvalue weighted by atomic mass is 9.58. The second kappa shape index (κ2) is 6.55. The Morgan fingerprint density at radius 2 is 1.66 bits per heavy atom. The zero-order valence-corrected chi connectivity index (χ0v) is 19.9. The predicted octanol–water partition coefficient (Wildman–Crippen LogP) is 4.41. The third-order valence-electron chi connectivity index (χ3n) is 7.07. The van der Waals surface area contributed by atoms with Crippen LogP contribution in [0.4, 0.5) is 0 Å². The number of nitrogens with zero attached hydrogens (tertiary/aromatic N) is 1. The zero-order chi connectivity index (χ0) is 21.7. The Morgan fingerprint density at radius 3 is 2.21 bits per heavy atom. The fourth-order valence-electron chi connectivity index (χ4n) is 5.63. The first-order valence-corrected chi connectivity index (χ1v) is 11.3. The van der Waals surface area contributed by atoms with E-state index in [1.807, 2.05) is 0 Å². The smallest absolute Gasteiger partial charge is 0.302 e. The van der Waals surface area contributed by atoms with E-state index in [-0.39, 0.29) is 47.9 Å². The summed E-state index contributed by atoms with van der Waals surface area (Å²) in [6.07, 6.45) is 0.478. The highest BCUT2D eigenvalue weighted by molar-refractivity contribution is 6.65. The summed E-state index contributed by atoms with van der Waals surface area (Å²) >= 11 is 39.9. The summed E-state index contributed by atoms with van der Waals surface area (Å²) in [4.78, 5) is 35.5. The number of imide groups is 1. The molecule has 5 nitrogen and oxygen atoms in total. The van der Waals surface area contributed by atoms with Crippen molar-refractivity contribution in [2.24, 2.45) is 23.2 Å². The Morgan fingerprint density at radius 1 is 1.10 bits per heavy atom. The SMILES string of the molecule is CC(=O)OCCN1C(=O)[C@@H]2C[C@@H]3[C@@H](C[C@@]2(C)C1=O)[C@@]1(Cl)C(Cl)=C(Cl)[C@@]3(Cl)C1(Cl)Cl. The van der Waals surface area contributed by atoms with Gasteiger partial charge >= 0.3 is 5.97 Å². The van der Waals surface area contributed by atoms with Gasteiger partial charge in [0.1, 0.15) is 16.4 Å². The van der Waals surface area contributed by atoms with Gasteiger partial charge in [-0.05, 0) is 31.6 Å². The Kier molecular flexibility index (Phi) is 5.04. The van der Waals surface area contributed by atoms with Crippen molar-refractivity contribution >= 4 is 87.4 Å². The van der Waals surface area contributed by atoms with Crippen LogP contribution in [0.3, 0.4) is 0 Å². The summed E-state index contributed by atoms with van der Waals surface area (Å²) in [5.41, 5.74) is -1.01. The zero-order valence-electron chi connectivity index (χ0n) is 15.4. The summed E-state index contributed by atoms with van der Waals surface area (Å²) < 4.78 is 3.20. The second-order valence-electron chi connectivity index (χ2n) is 8.38. The van der Waals surface area contributed by atoms with Gasteiger partial charge in [0.2, 0.25) is 11.8 Å². The van der Waals surface area contributed by atoms with Crippen LogP contribution in [0.2, 0.25) is 0 Å². The van der Waals surface area contributed by atoms with Crippen molar-refractivity contribution in [2.45, 2.75) is 40.8 Å². The number of amides is 2. The van der Waals surface area contributed by atoms with Gasteiger partial charge in [-0.25, -0.2) is 0 Å². The molecule has 2 bridgehead atoms. The first-order chi connectivity index (χ1) is 13.3. The van der Waals surface area contributed by atoms with Gasteiger partial charge < -0.3 is 4.74 Å². The molecular formula is C18H17Cl6NO4. The topological polar surface area (TPSA) is 63.7 Å². The fourth-order valence-corrected chi connectivity index (χ4v) is 8.72. The molecule has 0 aromatic carbocycles. The van der Waals surface area contributed by atoms with Crippen LogP contribution in [0.25, 0.3) is 0 Å². The van der Waals surface area contributed by atoms with E-state index in [1.54, 1.807) is 6.92 Å². The normalized spacial score (nSPS) is 45.0. The third-order valence-corrected chi connectivity index (χ3v) is 11.4. The van der Waals surface area contributed by atoms with Gasteiger partial charge in [0, 0.05) is 6.92 Å². The van der Waals surface area contributed by atoms with E-state index in [0.29, 0.717) is 0 Å². The summed E-state index contributed by atoms with van der Waals surface area (Å²) in [6, 6.07) is 0. The van der Waals surface area contributed by atoms with Crippen LogP contribution in [0.5, 0.6) is 0 Å². The van der Waals surface area contributed by atoms with E-state index in [9.17, 15) is 14.4 Å². The number of esters is 1. The molecule has 6 atom stereocenters. The standard InChI is InChI=1S/C18H17Cl6NO4/c1-7(26)29-4-3-25-13(27)9-5-8-10(6-15(9,2)14(25)28)17(22)12(20)11(19)16(8,21)18(17,23)24/h8-10H,3-6H2,1-2H3/t8-,9+,10-,15-,16-,17-/m1/s1. The molecule has 0 unspecified atom stereocenters. The molecule has 0 aromatic heterocycles. The summed E-state index contributed by atoms with van der Waals surface area (Å²) in [5.74, 6) is -2.67. The number of rotatable bonds is 3. The highest BCUT2D eigenvalue weighted by Crippen LogP contribution is 2.79. The number of ether oxygens (including phenoxy) is 1. The molecule has 1 saturated heterocycles. The van der Waals surface area contributed by atoms with Gasteiger partial charge in [0.25, 0.3) is 0 Å². The van der Waals surface area contributed by atoms with Crippen molar-refractivity contribution < 1.29 is 19.1 Å². The van der Waals surface area contributed by atoms with E-state index >= 15 is 0 Å². The van der Waals surface area contributed by atoms with E-state index in [1.165, 1.54) is 6.92 Å². The fraction of sp³-hybridized carbons (Fsp3) is 0.722. The van der Waals surface area contributed by atoms with Crippen molar-refractivity contribution in [3.63, 3.8) is 0 Å². The van der Waals surface area contributed by atoms with Crippen LogP contribution in [-0.2, 0) is 19.1 Å². The van der Waals surface area contributed by atoms with Gasteiger partial charge in [-0.1, -0.05) is 46.4 Å².